The third-order valence-electron chi connectivity index (χ3n) is 8.21. The summed E-state index contributed by atoms with van der Waals surface area (Å²) in [5.74, 6) is 1.25. The molecule has 2 heterocycles. The Hall–Kier alpha value is -1.89. The number of aromatic nitrogens is 1. The van der Waals surface area contributed by atoms with E-state index in [0.29, 0.717) is 36.6 Å². The van der Waals surface area contributed by atoms with Crippen molar-refractivity contribution in [3.63, 3.8) is 0 Å². The van der Waals surface area contributed by atoms with Crippen LogP contribution in [0.1, 0.15) is 56.4 Å². The maximum atomic E-state index is 13.2. The molecule has 1 unspecified atom stereocenters. The molecule has 2 N–H and O–H groups in total. The minimum absolute atomic E-state index is 0.0208. The first-order chi connectivity index (χ1) is 14.6. The van der Waals surface area contributed by atoms with E-state index in [1.54, 1.807) is 0 Å². The van der Waals surface area contributed by atoms with Gasteiger partial charge in [-0.15, -0.1) is 0 Å². The normalized spacial score (nSPS) is 33.6. The number of amides is 1. The van der Waals surface area contributed by atoms with Crippen LogP contribution in [-0.2, 0) is 20.9 Å². The molecule has 30 heavy (non-hydrogen) atoms. The molecule has 164 valence electrons. The van der Waals surface area contributed by atoms with Gasteiger partial charge in [-0.3, -0.25) is 9.59 Å². The van der Waals surface area contributed by atoms with Gasteiger partial charge in [0, 0.05) is 6.07 Å². The van der Waals surface area contributed by atoms with Gasteiger partial charge in [-0.2, -0.15) is 0 Å². The summed E-state index contributed by atoms with van der Waals surface area (Å²) in [5, 5.41) is 10.4. The van der Waals surface area contributed by atoms with E-state index in [1.807, 2.05) is 13.0 Å². The Balaban J connectivity index is 1.22. The molecule has 1 spiro atoms. The molecule has 2 bridgehead atoms. The topological polar surface area (TPSA) is 93.5 Å². The SMILES string of the molecule is Cc1cc(CNC(=O)[C@H]2[C@H](C(=O)OCCC3CCCNC3)[C@H]3CC[C@@H]2C32CC2)no1. The average molecular weight is 416 g/mol. The third-order valence-corrected chi connectivity index (χ3v) is 8.21. The zero-order chi connectivity index (χ0) is 20.7. The fourth-order valence-corrected chi connectivity index (χ4v) is 6.72. The predicted octanol–water partition coefficient (Wildman–Crippen LogP) is 2.58. The van der Waals surface area contributed by atoms with Gasteiger partial charge in [0.05, 0.1) is 25.0 Å². The number of carbonyl (C=O) groups is 2. The number of piperidine rings is 1. The molecular formula is C23H33N3O4. The Morgan fingerprint density at radius 1 is 1.27 bits per heavy atom. The molecule has 5 rings (SSSR count). The molecule has 0 aromatic carbocycles. The lowest BCUT2D eigenvalue weighted by molar-refractivity contribution is -0.156. The minimum atomic E-state index is -0.283. The fourth-order valence-electron chi connectivity index (χ4n) is 6.72. The van der Waals surface area contributed by atoms with Crippen molar-refractivity contribution in [2.24, 2.45) is 35.0 Å². The fraction of sp³-hybridized carbons (Fsp3) is 0.783. The third kappa shape index (κ3) is 3.55. The molecule has 3 saturated carbocycles. The summed E-state index contributed by atoms with van der Waals surface area (Å²) in [6.45, 7) is 4.75. The number of carbonyl (C=O) groups excluding carboxylic acids is 2. The van der Waals surface area contributed by atoms with Gasteiger partial charge in [0.25, 0.3) is 0 Å². The van der Waals surface area contributed by atoms with Gasteiger partial charge in [-0.1, -0.05) is 5.16 Å². The van der Waals surface area contributed by atoms with Crippen LogP contribution in [0.4, 0.5) is 0 Å². The van der Waals surface area contributed by atoms with Crippen molar-refractivity contribution in [2.45, 2.75) is 58.4 Å². The van der Waals surface area contributed by atoms with Crippen molar-refractivity contribution in [3.05, 3.63) is 17.5 Å². The highest BCUT2D eigenvalue weighted by Crippen LogP contribution is 2.74. The van der Waals surface area contributed by atoms with E-state index in [0.717, 1.165) is 51.0 Å². The summed E-state index contributed by atoms with van der Waals surface area (Å²) in [6.07, 6.45) is 7.74. The molecule has 0 radical (unpaired) electrons. The highest BCUT2D eigenvalue weighted by molar-refractivity contribution is 5.87. The number of aryl methyl sites for hydroxylation is 1. The van der Waals surface area contributed by atoms with Crippen LogP contribution in [-0.4, -0.2) is 36.7 Å². The Kier molecular flexibility index (Phi) is 5.33. The first-order valence-corrected chi connectivity index (χ1v) is 11.7. The summed E-state index contributed by atoms with van der Waals surface area (Å²) in [4.78, 5) is 26.3. The highest BCUT2D eigenvalue weighted by atomic mass is 16.5. The molecule has 7 nitrogen and oxygen atoms in total. The number of nitrogens with one attached hydrogen (secondary N) is 2. The zero-order valence-electron chi connectivity index (χ0n) is 17.8. The van der Waals surface area contributed by atoms with Crippen LogP contribution in [0.3, 0.4) is 0 Å². The zero-order valence-corrected chi connectivity index (χ0v) is 17.8. The van der Waals surface area contributed by atoms with Crippen LogP contribution in [0.15, 0.2) is 10.6 Å². The summed E-state index contributed by atoms with van der Waals surface area (Å²) in [7, 11) is 0. The van der Waals surface area contributed by atoms with Crippen molar-refractivity contribution in [3.8, 4) is 0 Å². The molecule has 5 atom stereocenters. The monoisotopic (exact) mass is 415 g/mol. The second-order valence-corrected chi connectivity index (χ2v) is 9.89. The smallest absolute Gasteiger partial charge is 0.310 e. The average Bonchev–Trinajstić information content (AvgIpc) is 3.24. The van der Waals surface area contributed by atoms with Gasteiger partial charge in [-0.05, 0) is 88.1 Å². The highest BCUT2D eigenvalue weighted by Gasteiger charge is 2.71. The van der Waals surface area contributed by atoms with Crippen LogP contribution < -0.4 is 10.6 Å². The van der Waals surface area contributed by atoms with Crippen LogP contribution >= 0.6 is 0 Å². The molecule has 7 heteroatoms. The number of hydrogen-bond donors (Lipinski definition) is 2. The molecule has 1 aliphatic heterocycles. The minimum Gasteiger partial charge on any atom is -0.465 e. The molecule has 1 amide bonds. The molecule has 1 saturated heterocycles. The summed E-state index contributed by atoms with van der Waals surface area (Å²) in [5.41, 5.74) is 0.939. The Labute approximate surface area is 177 Å². The predicted molar refractivity (Wildman–Crippen MR) is 109 cm³/mol. The molecule has 4 aliphatic rings. The maximum Gasteiger partial charge on any atom is 0.310 e. The van der Waals surface area contributed by atoms with E-state index >= 15 is 0 Å². The summed E-state index contributed by atoms with van der Waals surface area (Å²) >= 11 is 0. The number of hydrogen-bond acceptors (Lipinski definition) is 6. The number of nitrogens with zero attached hydrogens (tertiary/aromatic N) is 1. The van der Waals surface area contributed by atoms with Gasteiger partial charge in [0.2, 0.25) is 5.91 Å². The van der Waals surface area contributed by atoms with E-state index in [1.165, 1.54) is 12.8 Å². The Morgan fingerprint density at radius 3 is 2.73 bits per heavy atom. The van der Waals surface area contributed by atoms with E-state index in [-0.39, 0.29) is 29.1 Å². The van der Waals surface area contributed by atoms with Gasteiger partial charge < -0.3 is 19.9 Å². The molecule has 1 aromatic rings. The molecule has 1 aromatic heterocycles. The van der Waals surface area contributed by atoms with Crippen LogP contribution in [0.25, 0.3) is 0 Å². The Bertz CT molecular complexity index is 796. The largest absolute Gasteiger partial charge is 0.465 e. The number of esters is 1. The van der Waals surface area contributed by atoms with Crippen molar-refractivity contribution in [1.82, 2.24) is 15.8 Å². The van der Waals surface area contributed by atoms with Gasteiger partial charge >= 0.3 is 5.97 Å². The Morgan fingerprint density at radius 2 is 2.07 bits per heavy atom. The van der Waals surface area contributed by atoms with E-state index < -0.39 is 0 Å². The van der Waals surface area contributed by atoms with E-state index in [4.69, 9.17) is 9.26 Å². The standard InChI is InChI=1S/C23H33N3O4/c1-14-11-16(26-30-14)13-25-21(27)19-17-4-5-18(23(17)7-8-23)20(19)22(28)29-10-6-15-3-2-9-24-12-15/h11,15,17-20,24H,2-10,12-13H2,1H3,(H,25,27)/t15?,17-,18+,19+,20+/m0/s1. The lowest BCUT2D eigenvalue weighted by Crippen LogP contribution is -2.41. The van der Waals surface area contributed by atoms with Crippen LogP contribution in [0, 0.1) is 41.9 Å². The van der Waals surface area contributed by atoms with Gasteiger partial charge in [-0.25, -0.2) is 0 Å². The molecular weight excluding hydrogens is 382 g/mol. The number of rotatable bonds is 7. The maximum absolute atomic E-state index is 13.2. The quantitative estimate of drug-likeness (QED) is 0.665. The van der Waals surface area contributed by atoms with Gasteiger partial charge in [0.15, 0.2) is 0 Å². The molecule has 3 aliphatic carbocycles. The van der Waals surface area contributed by atoms with Crippen molar-refractivity contribution >= 4 is 11.9 Å². The van der Waals surface area contributed by atoms with Crippen LogP contribution in [0.2, 0.25) is 0 Å². The number of ether oxygens (including phenoxy) is 1. The lowest BCUT2D eigenvalue weighted by atomic mass is 9.78. The lowest BCUT2D eigenvalue weighted by Gasteiger charge is -2.29. The van der Waals surface area contributed by atoms with Crippen molar-refractivity contribution in [2.75, 3.05) is 19.7 Å². The van der Waals surface area contributed by atoms with Crippen LogP contribution in [0.5, 0.6) is 0 Å². The second kappa shape index (κ2) is 7.98. The first-order valence-electron chi connectivity index (χ1n) is 11.7. The summed E-state index contributed by atoms with van der Waals surface area (Å²) < 4.78 is 10.9. The van der Waals surface area contributed by atoms with E-state index in [2.05, 4.69) is 15.8 Å². The molecule has 4 fully saturated rings. The van der Waals surface area contributed by atoms with E-state index in [9.17, 15) is 9.59 Å². The van der Waals surface area contributed by atoms with Crippen molar-refractivity contribution < 1.29 is 18.8 Å². The first kappa shape index (κ1) is 20.0. The van der Waals surface area contributed by atoms with Crippen molar-refractivity contribution in [1.29, 1.82) is 0 Å². The summed E-state index contributed by atoms with van der Waals surface area (Å²) in [6, 6.07) is 1.83. The second-order valence-electron chi connectivity index (χ2n) is 9.89. The van der Waals surface area contributed by atoms with Gasteiger partial charge in [0.1, 0.15) is 11.5 Å².